The summed E-state index contributed by atoms with van der Waals surface area (Å²) in [7, 11) is 0. The normalized spacial score (nSPS) is 16.0. The number of halogens is 1. The fourth-order valence-electron chi connectivity index (χ4n) is 3.58. The van der Waals surface area contributed by atoms with Gasteiger partial charge in [0, 0.05) is 25.7 Å². The van der Waals surface area contributed by atoms with E-state index < -0.39 is 0 Å². The highest BCUT2D eigenvalue weighted by molar-refractivity contribution is 14.0. The molecule has 2 N–H and O–H groups in total. The fourth-order valence-corrected chi connectivity index (χ4v) is 3.58. The van der Waals surface area contributed by atoms with Crippen LogP contribution in [0.5, 0.6) is 0 Å². The van der Waals surface area contributed by atoms with Gasteiger partial charge in [0.2, 0.25) is 0 Å². The number of piperidine rings is 1. The Morgan fingerprint density at radius 3 is 2.77 bits per heavy atom. The molecular weight excluding hydrogens is 487 g/mol. The molecule has 1 aliphatic heterocycles. The molecule has 6 nitrogen and oxygen atoms in total. The molecule has 0 amide bonds. The van der Waals surface area contributed by atoms with E-state index in [1.54, 1.807) is 6.07 Å². The van der Waals surface area contributed by atoms with E-state index in [-0.39, 0.29) is 30.0 Å². The highest BCUT2D eigenvalue weighted by Crippen LogP contribution is 2.23. The Balaban J connectivity index is 0.00000320. The van der Waals surface area contributed by atoms with E-state index in [1.807, 2.05) is 49.4 Å². The molecular formula is C23H27IN6. The van der Waals surface area contributed by atoms with Crippen LogP contribution in [0.1, 0.15) is 36.5 Å². The molecule has 1 atom stereocenters. The van der Waals surface area contributed by atoms with Gasteiger partial charge in [-0.05, 0) is 49.6 Å². The number of aliphatic imine (C=N–C) groups is 1. The second-order valence-corrected chi connectivity index (χ2v) is 7.07. The van der Waals surface area contributed by atoms with Gasteiger partial charge in [0.25, 0.3) is 0 Å². The molecule has 3 rings (SSSR count). The molecule has 1 heterocycles. The molecule has 0 aliphatic carbocycles. The van der Waals surface area contributed by atoms with Crippen LogP contribution in [-0.2, 0) is 6.54 Å². The van der Waals surface area contributed by atoms with E-state index >= 15 is 0 Å². The van der Waals surface area contributed by atoms with Crippen molar-refractivity contribution >= 4 is 35.6 Å². The smallest absolute Gasteiger partial charge is 0.191 e. The Hall–Kier alpha value is -2.78. The maximum atomic E-state index is 9.40. The first-order chi connectivity index (χ1) is 14.2. The highest BCUT2D eigenvalue weighted by atomic mass is 127. The van der Waals surface area contributed by atoms with Crippen molar-refractivity contribution in [3.8, 4) is 12.1 Å². The predicted molar refractivity (Wildman–Crippen MR) is 131 cm³/mol. The van der Waals surface area contributed by atoms with Crippen LogP contribution in [0, 0.1) is 22.7 Å². The zero-order valence-corrected chi connectivity index (χ0v) is 19.5. The van der Waals surface area contributed by atoms with E-state index in [1.165, 1.54) is 0 Å². The van der Waals surface area contributed by atoms with Crippen LogP contribution >= 0.6 is 24.0 Å². The van der Waals surface area contributed by atoms with E-state index in [0.29, 0.717) is 17.7 Å². The fraction of sp³-hybridized carbons (Fsp3) is 0.348. The number of para-hydroxylation sites is 1. The standard InChI is InChI=1S/C23H26N6.HI/c1-2-26-23(27-16-19-8-5-7-18(13-19)14-24)28-21-10-6-12-29(17-21)22-11-4-3-9-20(22)15-25;/h3-5,7-9,11,13,21H,2,6,10,12,16-17H2,1H3,(H2,26,27,28);1H. The summed E-state index contributed by atoms with van der Waals surface area (Å²) < 4.78 is 0. The lowest BCUT2D eigenvalue weighted by molar-refractivity contribution is 0.468. The molecule has 1 fully saturated rings. The molecule has 2 aromatic rings. The zero-order valence-electron chi connectivity index (χ0n) is 17.1. The van der Waals surface area contributed by atoms with E-state index in [4.69, 9.17) is 10.3 Å². The Bertz CT molecular complexity index is 943. The van der Waals surface area contributed by atoms with Crippen LogP contribution in [0.4, 0.5) is 5.69 Å². The van der Waals surface area contributed by atoms with Gasteiger partial charge in [-0.2, -0.15) is 10.5 Å². The second kappa shape index (κ2) is 12.0. The number of nitrogens with zero attached hydrogens (tertiary/aromatic N) is 4. The number of benzene rings is 2. The first-order valence-electron chi connectivity index (χ1n) is 10.0. The summed E-state index contributed by atoms with van der Waals surface area (Å²) in [4.78, 5) is 6.98. The summed E-state index contributed by atoms with van der Waals surface area (Å²) in [6.07, 6.45) is 2.11. The lowest BCUT2D eigenvalue weighted by Crippen LogP contribution is -2.51. The Labute approximate surface area is 195 Å². The number of anilines is 1. The van der Waals surface area contributed by atoms with Crippen molar-refractivity contribution in [2.24, 2.45) is 4.99 Å². The molecule has 1 unspecified atom stereocenters. The Morgan fingerprint density at radius 2 is 2.00 bits per heavy atom. The summed E-state index contributed by atoms with van der Waals surface area (Å²) >= 11 is 0. The van der Waals surface area contributed by atoms with E-state index in [2.05, 4.69) is 27.7 Å². The largest absolute Gasteiger partial charge is 0.368 e. The van der Waals surface area contributed by atoms with Crippen LogP contribution in [0.15, 0.2) is 53.5 Å². The lowest BCUT2D eigenvalue weighted by Gasteiger charge is -2.35. The molecule has 156 valence electrons. The summed E-state index contributed by atoms with van der Waals surface area (Å²) in [5.41, 5.74) is 3.37. The Kier molecular flexibility index (Phi) is 9.43. The minimum atomic E-state index is 0. The molecule has 0 spiro atoms. The van der Waals surface area contributed by atoms with Crippen molar-refractivity contribution in [1.29, 1.82) is 10.5 Å². The summed E-state index contributed by atoms with van der Waals surface area (Å²) in [6.45, 7) is 5.11. The van der Waals surface area contributed by atoms with Gasteiger partial charge in [-0.1, -0.05) is 24.3 Å². The molecule has 2 aromatic carbocycles. The monoisotopic (exact) mass is 514 g/mol. The first-order valence-corrected chi connectivity index (χ1v) is 10.0. The number of nitriles is 2. The number of nitrogens with one attached hydrogen (secondary N) is 2. The SMILES string of the molecule is CCNC(=NCc1cccc(C#N)c1)NC1CCCN(c2ccccc2C#N)C1.I. The van der Waals surface area contributed by atoms with Gasteiger partial charge in [-0.3, -0.25) is 0 Å². The third-order valence-corrected chi connectivity index (χ3v) is 4.95. The molecule has 1 aliphatic rings. The van der Waals surface area contributed by atoms with Crippen LogP contribution in [0.3, 0.4) is 0 Å². The minimum absolute atomic E-state index is 0. The molecule has 0 aromatic heterocycles. The molecule has 0 saturated carbocycles. The van der Waals surface area contributed by atoms with Crippen LogP contribution < -0.4 is 15.5 Å². The van der Waals surface area contributed by atoms with Gasteiger partial charge in [0.05, 0.1) is 29.4 Å². The number of rotatable bonds is 5. The lowest BCUT2D eigenvalue weighted by atomic mass is 10.0. The average molecular weight is 514 g/mol. The molecule has 1 saturated heterocycles. The maximum Gasteiger partial charge on any atom is 0.191 e. The van der Waals surface area contributed by atoms with E-state index in [0.717, 1.165) is 49.7 Å². The number of guanidine groups is 1. The predicted octanol–water partition coefficient (Wildman–Crippen LogP) is 3.77. The molecule has 0 bridgehead atoms. The minimum Gasteiger partial charge on any atom is -0.368 e. The van der Waals surface area contributed by atoms with Crippen LogP contribution in [-0.4, -0.2) is 31.6 Å². The third-order valence-electron chi connectivity index (χ3n) is 4.95. The third kappa shape index (κ3) is 6.36. The van der Waals surface area contributed by atoms with Crippen molar-refractivity contribution in [2.75, 3.05) is 24.5 Å². The quantitative estimate of drug-likeness (QED) is 0.361. The van der Waals surface area contributed by atoms with Crippen LogP contribution in [0.25, 0.3) is 0 Å². The van der Waals surface area contributed by atoms with Crippen LogP contribution in [0.2, 0.25) is 0 Å². The number of hydrogen-bond acceptors (Lipinski definition) is 4. The highest BCUT2D eigenvalue weighted by Gasteiger charge is 2.22. The van der Waals surface area contributed by atoms with Crippen molar-refractivity contribution in [3.05, 3.63) is 65.2 Å². The van der Waals surface area contributed by atoms with Crippen molar-refractivity contribution in [2.45, 2.75) is 32.4 Å². The van der Waals surface area contributed by atoms with Gasteiger partial charge in [-0.15, -0.1) is 24.0 Å². The van der Waals surface area contributed by atoms with Gasteiger partial charge in [0.1, 0.15) is 6.07 Å². The topological polar surface area (TPSA) is 87.2 Å². The van der Waals surface area contributed by atoms with Gasteiger partial charge < -0.3 is 15.5 Å². The second-order valence-electron chi connectivity index (χ2n) is 7.07. The summed E-state index contributed by atoms with van der Waals surface area (Å²) in [6, 6.07) is 20.0. The Morgan fingerprint density at radius 1 is 1.17 bits per heavy atom. The maximum absolute atomic E-state index is 9.40. The van der Waals surface area contributed by atoms with Crippen molar-refractivity contribution in [1.82, 2.24) is 10.6 Å². The van der Waals surface area contributed by atoms with Gasteiger partial charge in [0.15, 0.2) is 5.96 Å². The molecule has 30 heavy (non-hydrogen) atoms. The number of hydrogen-bond donors (Lipinski definition) is 2. The first kappa shape index (κ1) is 23.5. The van der Waals surface area contributed by atoms with Crippen molar-refractivity contribution in [3.63, 3.8) is 0 Å². The summed E-state index contributed by atoms with van der Waals surface area (Å²) in [5, 5.41) is 25.3. The average Bonchev–Trinajstić information content (AvgIpc) is 2.78. The van der Waals surface area contributed by atoms with Gasteiger partial charge >= 0.3 is 0 Å². The van der Waals surface area contributed by atoms with Crippen molar-refractivity contribution < 1.29 is 0 Å². The molecule has 7 heteroatoms. The van der Waals surface area contributed by atoms with Gasteiger partial charge in [-0.25, -0.2) is 4.99 Å². The molecule has 0 radical (unpaired) electrons. The zero-order chi connectivity index (χ0) is 20.5. The van der Waals surface area contributed by atoms with E-state index in [9.17, 15) is 5.26 Å². The summed E-state index contributed by atoms with van der Waals surface area (Å²) in [5.74, 6) is 0.773.